The van der Waals surface area contributed by atoms with E-state index in [-0.39, 0.29) is 12.8 Å². The fourth-order valence-corrected chi connectivity index (χ4v) is 11.8. The minimum atomic E-state index is -1.67. The van der Waals surface area contributed by atoms with E-state index in [0.717, 1.165) is 44.9 Å². The Labute approximate surface area is 517 Å². The van der Waals surface area contributed by atoms with Crippen LogP contribution in [0.5, 0.6) is 0 Å². The van der Waals surface area contributed by atoms with E-state index in [1.54, 1.807) is 0 Å². The summed E-state index contributed by atoms with van der Waals surface area (Å²) in [7, 11) is 0. The number of carbonyl (C=O) groups excluding carboxylic acids is 1. The molecule has 0 aliphatic carbocycles. The largest absolute Gasteiger partial charge is 0.394 e. The summed E-state index contributed by atoms with van der Waals surface area (Å²) in [5.74, 6) is -0.706. The highest BCUT2D eigenvalue weighted by Gasteiger charge is 2.44. The molecule has 1 rings (SSSR count). The van der Waals surface area contributed by atoms with Crippen molar-refractivity contribution in [3.8, 4) is 0 Å². The van der Waals surface area contributed by atoms with E-state index in [9.17, 15) is 40.5 Å². The van der Waals surface area contributed by atoms with Crippen LogP contribution in [-0.4, -0.2) is 110 Å². The lowest BCUT2D eigenvalue weighted by Gasteiger charge is -2.40. The molecule has 84 heavy (non-hydrogen) atoms. The summed E-state index contributed by atoms with van der Waals surface area (Å²) in [6, 6.07) is -1.19. The lowest BCUT2D eigenvalue weighted by Crippen LogP contribution is -2.60. The Kier molecular flexibility index (Phi) is 58.9. The van der Waals surface area contributed by atoms with Crippen molar-refractivity contribution < 1.29 is 50.0 Å². The second-order valence-electron chi connectivity index (χ2n) is 25.6. The summed E-state index contributed by atoms with van der Waals surface area (Å²) in [5.41, 5.74) is 0. The normalized spacial score (nSPS) is 19.1. The molecule has 11 heteroatoms. The molecule has 8 N–H and O–H groups in total. The maximum Gasteiger partial charge on any atom is 0.249 e. The molecule has 1 aliphatic heterocycles. The molecule has 1 saturated heterocycles. The molecule has 0 aromatic carbocycles. The van der Waals surface area contributed by atoms with Gasteiger partial charge in [0, 0.05) is 0 Å². The first-order valence-corrected chi connectivity index (χ1v) is 36.4. The Morgan fingerprint density at radius 2 is 0.714 bits per heavy atom. The topological polar surface area (TPSA) is 189 Å². The van der Waals surface area contributed by atoms with Gasteiger partial charge in [0.05, 0.1) is 25.4 Å². The van der Waals surface area contributed by atoms with Crippen LogP contribution >= 0.6 is 0 Å². The summed E-state index contributed by atoms with van der Waals surface area (Å²) in [4.78, 5) is 13.2. The molecule has 0 saturated carbocycles. The van der Waals surface area contributed by atoms with Gasteiger partial charge in [-0.1, -0.05) is 326 Å². The van der Waals surface area contributed by atoms with Crippen LogP contribution in [0.3, 0.4) is 0 Å². The second-order valence-corrected chi connectivity index (χ2v) is 25.6. The first-order chi connectivity index (χ1) is 41.2. The van der Waals surface area contributed by atoms with Crippen molar-refractivity contribution in [2.45, 2.75) is 409 Å². The summed E-state index contributed by atoms with van der Waals surface area (Å²) in [6.45, 7) is 3.48. The predicted octanol–water partition coefficient (Wildman–Crippen LogP) is 17.8. The fraction of sp³-hybridized carbons (Fsp3) is 0.904. The van der Waals surface area contributed by atoms with Crippen molar-refractivity contribution >= 4 is 5.91 Å². The van der Waals surface area contributed by atoms with Crippen LogP contribution in [-0.2, 0) is 14.3 Å². The van der Waals surface area contributed by atoms with Gasteiger partial charge in [0.15, 0.2) is 6.29 Å². The fourth-order valence-electron chi connectivity index (χ4n) is 11.8. The summed E-state index contributed by atoms with van der Waals surface area (Å²) in [6.07, 6.45) is 68.2. The number of aliphatic hydroxyl groups is 7. The summed E-state index contributed by atoms with van der Waals surface area (Å²) >= 11 is 0. The average molecular weight is 1190 g/mol. The van der Waals surface area contributed by atoms with Gasteiger partial charge in [0.2, 0.25) is 5.91 Å². The number of hydrogen-bond acceptors (Lipinski definition) is 10. The number of ether oxygens (including phenoxy) is 2. The van der Waals surface area contributed by atoms with E-state index >= 15 is 0 Å². The van der Waals surface area contributed by atoms with Gasteiger partial charge in [-0.25, -0.2) is 0 Å². The van der Waals surface area contributed by atoms with E-state index in [0.29, 0.717) is 19.3 Å². The Morgan fingerprint density at radius 1 is 0.405 bits per heavy atom. The van der Waals surface area contributed by atoms with Crippen molar-refractivity contribution in [1.29, 1.82) is 0 Å². The highest BCUT2D eigenvalue weighted by Crippen LogP contribution is 2.24. The lowest BCUT2D eigenvalue weighted by atomic mass is 9.98. The van der Waals surface area contributed by atoms with Crippen molar-refractivity contribution in [3.05, 3.63) is 36.5 Å². The molecule has 1 fully saturated rings. The molecule has 9 atom stereocenters. The van der Waals surface area contributed by atoms with Crippen molar-refractivity contribution in [3.63, 3.8) is 0 Å². The van der Waals surface area contributed by atoms with Gasteiger partial charge in [0.25, 0.3) is 0 Å². The molecule has 9 unspecified atom stereocenters. The van der Waals surface area contributed by atoms with Gasteiger partial charge in [-0.2, -0.15) is 0 Å². The Bertz CT molecular complexity index is 1460. The minimum absolute atomic E-state index is 0.243. The Hall–Kier alpha value is -1.67. The zero-order valence-corrected chi connectivity index (χ0v) is 54.9. The molecule has 1 amide bonds. The van der Waals surface area contributed by atoms with Crippen LogP contribution in [0.15, 0.2) is 36.5 Å². The monoisotopic (exact) mass is 1190 g/mol. The third-order valence-corrected chi connectivity index (χ3v) is 17.7. The van der Waals surface area contributed by atoms with Gasteiger partial charge >= 0.3 is 0 Å². The third-order valence-electron chi connectivity index (χ3n) is 17.7. The first-order valence-electron chi connectivity index (χ1n) is 36.4. The minimum Gasteiger partial charge on any atom is -0.394 e. The SMILES string of the molecule is CCCCCCCCCC/C=C/CC/C=C/CC/C=C/CCCC(O)C(O)C(COC1OC(CO)C(O)C(O)C1O)NC(=O)C(O)CCCCCCCCCCCCCCCCCCCCCCCCCCCCCCCCCCCCCC. The highest BCUT2D eigenvalue weighted by molar-refractivity contribution is 5.80. The molecule has 0 aromatic heterocycles. The van der Waals surface area contributed by atoms with Gasteiger partial charge in [-0.3, -0.25) is 4.79 Å². The van der Waals surface area contributed by atoms with Gasteiger partial charge in [0.1, 0.15) is 36.6 Å². The molecule has 496 valence electrons. The number of hydrogen-bond donors (Lipinski definition) is 8. The molecular weight excluding hydrogens is 1050 g/mol. The van der Waals surface area contributed by atoms with Gasteiger partial charge in [-0.15, -0.1) is 0 Å². The molecule has 0 radical (unpaired) electrons. The van der Waals surface area contributed by atoms with E-state index in [1.165, 1.54) is 263 Å². The van der Waals surface area contributed by atoms with Crippen LogP contribution in [0.4, 0.5) is 0 Å². The van der Waals surface area contributed by atoms with Crippen LogP contribution < -0.4 is 5.32 Å². The van der Waals surface area contributed by atoms with Crippen molar-refractivity contribution in [1.82, 2.24) is 5.32 Å². The summed E-state index contributed by atoms with van der Waals surface area (Å²) < 4.78 is 11.2. The second kappa shape index (κ2) is 61.6. The standard InChI is InChI=1S/C73H139NO10/c1-3-5-7-9-11-13-15-17-19-21-23-25-26-27-28-29-30-31-32-33-34-35-36-37-38-39-41-43-45-47-49-51-53-55-57-59-61-66(77)72(82)74-64(63-83-73-71(81)70(80)69(79)67(62-75)84-73)68(78)65(76)60-58-56-54-52-50-48-46-44-42-40-24-22-20-18-16-14-12-10-8-6-4-2/h22,24,44,46,52,54,64-71,73,75-81H,3-21,23,25-43,45,47-51,53,55-63H2,1-2H3,(H,74,82)/b24-22+,46-44+,54-52+. The van der Waals surface area contributed by atoms with Crippen molar-refractivity contribution in [2.75, 3.05) is 13.2 Å². The van der Waals surface area contributed by atoms with Gasteiger partial charge < -0.3 is 50.5 Å². The smallest absolute Gasteiger partial charge is 0.249 e. The first kappa shape index (κ1) is 80.3. The molecular formula is C73H139NO10. The third kappa shape index (κ3) is 48.3. The maximum absolute atomic E-state index is 13.2. The molecule has 0 bridgehead atoms. The number of aliphatic hydroxyl groups excluding tert-OH is 7. The number of nitrogens with one attached hydrogen (secondary N) is 1. The number of carbonyl (C=O) groups is 1. The van der Waals surface area contributed by atoms with Crippen LogP contribution in [0, 0.1) is 0 Å². The van der Waals surface area contributed by atoms with Gasteiger partial charge in [-0.05, 0) is 64.2 Å². The van der Waals surface area contributed by atoms with Crippen LogP contribution in [0.2, 0.25) is 0 Å². The van der Waals surface area contributed by atoms with Crippen LogP contribution in [0.25, 0.3) is 0 Å². The zero-order chi connectivity index (χ0) is 61.0. The molecule has 0 spiro atoms. The number of allylic oxidation sites excluding steroid dienone is 6. The Balaban J connectivity index is 2.16. The predicted molar refractivity (Wildman–Crippen MR) is 353 cm³/mol. The van der Waals surface area contributed by atoms with E-state index in [2.05, 4.69) is 55.6 Å². The molecule has 1 aliphatic rings. The number of unbranched alkanes of at least 4 members (excludes halogenated alkanes) is 46. The lowest BCUT2D eigenvalue weighted by molar-refractivity contribution is -0.303. The molecule has 1 heterocycles. The average Bonchev–Trinajstić information content (AvgIpc) is 3.55. The maximum atomic E-state index is 13.2. The van der Waals surface area contributed by atoms with Crippen LogP contribution in [0.1, 0.15) is 354 Å². The zero-order valence-electron chi connectivity index (χ0n) is 54.9. The van der Waals surface area contributed by atoms with E-state index in [1.807, 2.05) is 0 Å². The van der Waals surface area contributed by atoms with E-state index < -0.39 is 74.2 Å². The Morgan fingerprint density at radius 3 is 1.06 bits per heavy atom. The molecule has 0 aromatic rings. The molecule has 11 nitrogen and oxygen atoms in total. The van der Waals surface area contributed by atoms with Crippen molar-refractivity contribution in [2.24, 2.45) is 0 Å². The summed E-state index contributed by atoms with van der Waals surface area (Å²) in [5, 5.41) is 76.4. The number of rotatable bonds is 64. The number of amides is 1. The van der Waals surface area contributed by atoms with E-state index in [4.69, 9.17) is 9.47 Å². The highest BCUT2D eigenvalue weighted by atomic mass is 16.7. The quantitative estimate of drug-likeness (QED) is 0.0215.